The number of carboxylic acid groups (broad SMARTS) is 1. The zero-order valence-electron chi connectivity index (χ0n) is 13.4. The average molecular weight is 322 g/mol. The molecular formula is C16H22N2O5. The predicted octanol–water partition coefficient (Wildman–Crippen LogP) is 2.18. The van der Waals surface area contributed by atoms with Crippen LogP contribution in [0.2, 0.25) is 0 Å². The number of phenolic OH excluding ortho intramolecular Hbond substituents is 1. The van der Waals surface area contributed by atoms with Crippen LogP contribution in [-0.4, -0.2) is 33.9 Å². The first-order valence-electron chi connectivity index (χ1n) is 7.37. The zero-order valence-corrected chi connectivity index (χ0v) is 13.4. The van der Waals surface area contributed by atoms with E-state index in [1.807, 2.05) is 0 Å². The van der Waals surface area contributed by atoms with Crippen molar-refractivity contribution in [1.82, 2.24) is 0 Å². The lowest BCUT2D eigenvalue weighted by atomic mass is 9.87. The van der Waals surface area contributed by atoms with Crippen LogP contribution >= 0.6 is 0 Å². The molecule has 0 saturated heterocycles. The molecule has 1 aromatic carbocycles. The van der Waals surface area contributed by atoms with Crippen LogP contribution in [0.1, 0.15) is 39.2 Å². The summed E-state index contributed by atoms with van der Waals surface area (Å²) in [5.41, 5.74) is 5.19. The van der Waals surface area contributed by atoms with E-state index in [2.05, 4.69) is 5.32 Å². The van der Waals surface area contributed by atoms with Gasteiger partial charge >= 0.3 is 12.1 Å². The van der Waals surface area contributed by atoms with Crippen LogP contribution in [0.15, 0.2) is 18.2 Å². The number of carboxylic acids is 1. The number of benzene rings is 1. The molecule has 7 nitrogen and oxygen atoms in total. The van der Waals surface area contributed by atoms with Gasteiger partial charge in [0.15, 0.2) is 0 Å². The lowest BCUT2D eigenvalue weighted by molar-refractivity contribution is -0.139. The highest BCUT2D eigenvalue weighted by Gasteiger charge is 2.53. The third-order valence-corrected chi connectivity index (χ3v) is 3.83. The van der Waals surface area contributed by atoms with Crippen LogP contribution in [0, 0.1) is 0 Å². The minimum absolute atomic E-state index is 0.0334. The van der Waals surface area contributed by atoms with Crippen molar-refractivity contribution in [2.24, 2.45) is 5.73 Å². The Hall–Kier alpha value is -2.28. The number of phenols is 1. The third kappa shape index (κ3) is 3.73. The first kappa shape index (κ1) is 17.1. The molecule has 1 saturated carbocycles. The molecule has 0 heterocycles. The second-order valence-electron chi connectivity index (χ2n) is 6.83. The van der Waals surface area contributed by atoms with Crippen molar-refractivity contribution in [1.29, 1.82) is 0 Å². The van der Waals surface area contributed by atoms with Gasteiger partial charge in [0.2, 0.25) is 0 Å². The molecule has 5 N–H and O–H groups in total. The Labute approximate surface area is 134 Å². The smallest absolute Gasteiger partial charge is 0.412 e. The summed E-state index contributed by atoms with van der Waals surface area (Å²) in [5, 5.41) is 21.8. The van der Waals surface area contributed by atoms with Gasteiger partial charge in [-0.25, -0.2) is 4.79 Å². The molecule has 0 aromatic heterocycles. The summed E-state index contributed by atoms with van der Waals surface area (Å²) in [4.78, 5) is 23.0. The Morgan fingerprint density at radius 1 is 1.35 bits per heavy atom. The number of carbonyl (C=O) groups excluding carboxylic acids is 1. The summed E-state index contributed by atoms with van der Waals surface area (Å²) < 4.78 is 5.17. The van der Waals surface area contributed by atoms with E-state index in [0.29, 0.717) is 24.1 Å². The van der Waals surface area contributed by atoms with Crippen molar-refractivity contribution in [3.8, 4) is 5.75 Å². The topological polar surface area (TPSA) is 122 Å². The highest BCUT2D eigenvalue weighted by Crippen LogP contribution is 2.53. The molecule has 126 valence electrons. The number of rotatable bonds is 4. The van der Waals surface area contributed by atoms with Crippen LogP contribution in [0.5, 0.6) is 5.75 Å². The third-order valence-electron chi connectivity index (χ3n) is 3.83. The zero-order chi connectivity index (χ0) is 17.4. The maximum Gasteiger partial charge on any atom is 0.412 e. The van der Waals surface area contributed by atoms with Crippen molar-refractivity contribution >= 4 is 17.7 Å². The van der Waals surface area contributed by atoms with Gasteiger partial charge in [0.1, 0.15) is 17.4 Å². The van der Waals surface area contributed by atoms with Crippen LogP contribution < -0.4 is 11.1 Å². The van der Waals surface area contributed by atoms with Crippen molar-refractivity contribution in [2.45, 2.75) is 50.7 Å². The van der Waals surface area contributed by atoms with Gasteiger partial charge in [-0.05, 0) is 51.8 Å². The summed E-state index contributed by atoms with van der Waals surface area (Å²) in [6, 6.07) is 3.38. The van der Waals surface area contributed by atoms with Crippen LogP contribution in [0.4, 0.5) is 10.5 Å². The molecule has 2 rings (SSSR count). The lowest BCUT2D eigenvalue weighted by Gasteiger charge is -2.23. The molecule has 7 heteroatoms. The van der Waals surface area contributed by atoms with Crippen molar-refractivity contribution in [3.05, 3.63) is 23.8 Å². The fourth-order valence-electron chi connectivity index (χ4n) is 2.55. The molecule has 1 amide bonds. The maximum absolute atomic E-state index is 11.8. The fraction of sp³-hybridized carbons (Fsp3) is 0.500. The molecule has 1 atom stereocenters. The molecule has 1 unspecified atom stereocenters. The number of hydrogen-bond acceptors (Lipinski definition) is 5. The number of carbonyl (C=O) groups is 2. The highest BCUT2D eigenvalue weighted by molar-refractivity contribution is 5.85. The summed E-state index contributed by atoms with van der Waals surface area (Å²) in [6.07, 6.45) is 0.523. The number of aromatic hydroxyl groups is 1. The van der Waals surface area contributed by atoms with E-state index in [-0.39, 0.29) is 5.75 Å². The number of aliphatic carboxylic acids is 1. The Balaban J connectivity index is 2.24. The fourth-order valence-corrected chi connectivity index (χ4v) is 2.55. The Morgan fingerprint density at radius 3 is 2.43 bits per heavy atom. The van der Waals surface area contributed by atoms with E-state index in [4.69, 9.17) is 15.6 Å². The van der Waals surface area contributed by atoms with Gasteiger partial charge in [-0.2, -0.15) is 0 Å². The van der Waals surface area contributed by atoms with Crippen molar-refractivity contribution < 1.29 is 24.5 Å². The van der Waals surface area contributed by atoms with Gasteiger partial charge in [0.25, 0.3) is 0 Å². The molecule has 1 aliphatic carbocycles. The van der Waals surface area contributed by atoms with Crippen LogP contribution in [-0.2, 0) is 14.9 Å². The number of amides is 1. The molecule has 0 aliphatic heterocycles. The lowest BCUT2D eigenvalue weighted by Crippen LogP contribution is -2.42. The van der Waals surface area contributed by atoms with E-state index in [0.717, 1.165) is 0 Å². The van der Waals surface area contributed by atoms with E-state index in [1.165, 1.54) is 12.1 Å². The van der Waals surface area contributed by atoms with E-state index >= 15 is 0 Å². The predicted molar refractivity (Wildman–Crippen MR) is 84.5 cm³/mol. The SMILES string of the molecule is CC(C)(C)OC(=O)Nc1ccc(O)c(C2(C(N)C(=O)O)CC2)c1. The monoisotopic (exact) mass is 322 g/mol. The second kappa shape index (κ2) is 5.73. The molecule has 23 heavy (non-hydrogen) atoms. The van der Waals surface area contributed by atoms with Gasteiger partial charge in [0, 0.05) is 16.7 Å². The number of ether oxygens (including phenoxy) is 1. The summed E-state index contributed by atoms with van der Waals surface area (Å²) in [5.74, 6) is -1.15. The number of nitrogens with one attached hydrogen (secondary N) is 1. The number of nitrogens with two attached hydrogens (primary N) is 1. The summed E-state index contributed by atoms with van der Waals surface area (Å²) >= 11 is 0. The molecule has 0 spiro atoms. The van der Waals surface area contributed by atoms with Crippen molar-refractivity contribution in [2.75, 3.05) is 5.32 Å². The highest BCUT2D eigenvalue weighted by atomic mass is 16.6. The number of hydrogen-bond donors (Lipinski definition) is 4. The normalized spacial score (nSPS) is 17.2. The second-order valence-corrected chi connectivity index (χ2v) is 6.83. The average Bonchev–Trinajstić information content (AvgIpc) is 3.19. The largest absolute Gasteiger partial charge is 0.508 e. The maximum atomic E-state index is 11.8. The van der Waals surface area contributed by atoms with Gasteiger partial charge in [-0.15, -0.1) is 0 Å². The van der Waals surface area contributed by atoms with Gasteiger partial charge in [-0.3, -0.25) is 10.1 Å². The quantitative estimate of drug-likeness (QED) is 0.630. The van der Waals surface area contributed by atoms with Gasteiger partial charge in [-0.1, -0.05) is 0 Å². The molecule has 1 aromatic rings. The van der Waals surface area contributed by atoms with E-state index < -0.39 is 29.1 Å². The first-order chi connectivity index (χ1) is 10.5. The van der Waals surface area contributed by atoms with Gasteiger partial charge in [0.05, 0.1) is 0 Å². The van der Waals surface area contributed by atoms with Gasteiger partial charge < -0.3 is 20.7 Å². The minimum Gasteiger partial charge on any atom is -0.508 e. The molecule has 1 fully saturated rings. The molecule has 1 aliphatic rings. The molecule has 0 bridgehead atoms. The van der Waals surface area contributed by atoms with E-state index in [9.17, 15) is 14.7 Å². The van der Waals surface area contributed by atoms with E-state index in [1.54, 1.807) is 26.8 Å². The minimum atomic E-state index is -1.12. The molecular weight excluding hydrogens is 300 g/mol. The molecule has 0 radical (unpaired) electrons. The standard InChI is InChI=1S/C16H22N2O5/c1-15(2,3)23-14(22)18-9-4-5-11(19)10(8-9)16(6-7-16)12(17)13(20)21/h4-5,8,12,19H,6-7,17H2,1-3H3,(H,18,22)(H,20,21). The van der Waals surface area contributed by atoms with Crippen LogP contribution in [0.25, 0.3) is 0 Å². The first-order valence-corrected chi connectivity index (χ1v) is 7.37. The number of anilines is 1. The Morgan fingerprint density at radius 2 is 1.96 bits per heavy atom. The summed E-state index contributed by atoms with van der Waals surface area (Å²) in [7, 11) is 0. The van der Waals surface area contributed by atoms with Crippen LogP contribution in [0.3, 0.4) is 0 Å². The summed E-state index contributed by atoms with van der Waals surface area (Å²) in [6.45, 7) is 5.25. The Bertz CT molecular complexity index is 632. The van der Waals surface area contributed by atoms with Crippen molar-refractivity contribution in [3.63, 3.8) is 0 Å². The Kier molecular flexibility index (Phi) is 4.26.